The molecule has 9 aromatic rings. The Bertz CT molecular complexity index is 2920. The Labute approximate surface area is 294 Å². The molecule has 238 valence electrons. The number of aryl methyl sites for hydroxylation is 1. The molecule has 0 amide bonds. The summed E-state index contributed by atoms with van der Waals surface area (Å²) in [5.41, 5.74) is 18.7. The van der Waals surface area contributed by atoms with Crippen LogP contribution in [0.4, 0.5) is 0 Å². The van der Waals surface area contributed by atoms with Crippen molar-refractivity contribution < 1.29 is 8.83 Å². The minimum atomic E-state index is -0.516. The molecule has 0 fully saturated rings. The number of para-hydroxylation sites is 1. The zero-order valence-corrected chi connectivity index (χ0v) is 27.7. The average Bonchev–Trinajstić information content (AvgIpc) is 3.92. The first-order valence-electron chi connectivity index (χ1n) is 17.9. The topological polar surface area (TPSA) is 26.3 Å². The van der Waals surface area contributed by atoms with Crippen molar-refractivity contribution in [3.05, 3.63) is 185 Å². The first kappa shape index (κ1) is 27.4. The summed E-state index contributed by atoms with van der Waals surface area (Å²) >= 11 is 0. The summed E-state index contributed by atoms with van der Waals surface area (Å²) in [5.74, 6) is 0.993. The van der Waals surface area contributed by atoms with E-state index in [1.165, 1.54) is 72.1 Å². The van der Waals surface area contributed by atoms with E-state index in [1.807, 2.05) is 12.1 Å². The Morgan fingerprint density at radius 3 is 2.02 bits per heavy atom. The summed E-state index contributed by atoms with van der Waals surface area (Å²) in [4.78, 5) is 0. The Morgan fingerprint density at radius 1 is 0.471 bits per heavy atom. The van der Waals surface area contributed by atoms with Crippen molar-refractivity contribution in [2.24, 2.45) is 0 Å². The highest BCUT2D eigenvalue weighted by atomic mass is 16.3. The lowest BCUT2D eigenvalue weighted by atomic mass is 9.69. The van der Waals surface area contributed by atoms with Gasteiger partial charge in [0.2, 0.25) is 0 Å². The van der Waals surface area contributed by atoms with Gasteiger partial charge in [0, 0.05) is 27.3 Å². The third-order valence-electron chi connectivity index (χ3n) is 11.8. The third kappa shape index (κ3) is 3.47. The second kappa shape index (κ2) is 9.87. The summed E-state index contributed by atoms with van der Waals surface area (Å²) in [6, 6.07) is 53.5. The second-order valence-electron chi connectivity index (χ2n) is 14.2. The molecule has 2 nitrogen and oxygen atoms in total. The van der Waals surface area contributed by atoms with Gasteiger partial charge in [-0.15, -0.1) is 0 Å². The molecule has 1 spiro atoms. The van der Waals surface area contributed by atoms with Crippen molar-refractivity contribution >= 4 is 39.0 Å². The fraction of sp³-hybridized carbons (Fsp3) is 0.0612. The number of hydrogen-bond donors (Lipinski definition) is 0. The van der Waals surface area contributed by atoms with Crippen LogP contribution in [0.2, 0.25) is 0 Å². The molecule has 2 heteroatoms. The van der Waals surface area contributed by atoms with Crippen LogP contribution in [0.3, 0.4) is 0 Å². The van der Waals surface area contributed by atoms with Crippen LogP contribution in [0, 0.1) is 0 Å². The van der Waals surface area contributed by atoms with Gasteiger partial charge >= 0.3 is 0 Å². The zero-order valence-electron chi connectivity index (χ0n) is 27.7. The van der Waals surface area contributed by atoms with E-state index in [2.05, 4.69) is 146 Å². The predicted molar refractivity (Wildman–Crippen MR) is 208 cm³/mol. The number of allylic oxidation sites excluding steroid dienone is 1. The van der Waals surface area contributed by atoms with Crippen molar-refractivity contribution in [1.29, 1.82) is 0 Å². The lowest BCUT2D eigenvalue weighted by molar-refractivity contribution is 0.596. The van der Waals surface area contributed by atoms with E-state index in [-0.39, 0.29) is 0 Å². The van der Waals surface area contributed by atoms with Crippen molar-refractivity contribution in [3.8, 4) is 44.5 Å². The summed E-state index contributed by atoms with van der Waals surface area (Å²) in [5, 5.41) is 3.54. The van der Waals surface area contributed by atoms with E-state index in [4.69, 9.17) is 8.83 Å². The molecule has 12 rings (SSSR count). The fourth-order valence-electron chi connectivity index (χ4n) is 9.68. The molecule has 0 N–H and O–H groups in total. The lowest BCUT2D eigenvalue weighted by Gasteiger charge is -2.31. The first-order chi connectivity index (χ1) is 25.3. The van der Waals surface area contributed by atoms with Crippen LogP contribution >= 0.6 is 0 Å². The first-order valence-corrected chi connectivity index (χ1v) is 17.9. The molecule has 51 heavy (non-hydrogen) atoms. The third-order valence-corrected chi connectivity index (χ3v) is 11.8. The van der Waals surface area contributed by atoms with E-state index in [0.29, 0.717) is 0 Å². The van der Waals surface area contributed by atoms with Gasteiger partial charge in [-0.1, -0.05) is 121 Å². The van der Waals surface area contributed by atoms with Gasteiger partial charge < -0.3 is 8.83 Å². The molecule has 0 bridgehead atoms. The van der Waals surface area contributed by atoms with Crippen molar-refractivity contribution in [1.82, 2.24) is 0 Å². The Kier molecular flexibility index (Phi) is 5.31. The van der Waals surface area contributed by atoms with Gasteiger partial charge in [-0.2, -0.15) is 0 Å². The van der Waals surface area contributed by atoms with Gasteiger partial charge in [0.15, 0.2) is 0 Å². The van der Waals surface area contributed by atoms with Crippen molar-refractivity contribution in [3.63, 3.8) is 0 Å². The van der Waals surface area contributed by atoms with Crippen LogP contribution in [0.25, 0.3) is 83.5 Å². The molecule has 3 aliphatic rings. The summed E-state index contributed by atoms with van der Waals surface area (Å²) in [6.45, 7) is 0. The van der Waals surface area contributed by atoms with Crippen LogP contribution in [0.1, 0.15) is 40.0 Å². The maximum absolute atomic E-state index is 7.02. The molecule has 0 aliphatic heterocycles. The van der Waals surface area contributed by atoms with Gasteiger partial charge in [0.25, 0.3) is 0 Å². The summed E-state index contributed by atoms with van der Waals surface area (Å²) < 4.78 is 13.4. The lowest BCUT2D eigenvalue weighted by Crippen LogP contribution is -2.26. The minimum Gasteiger partial charge on any atom is -0.456 e. The largest absolute Gasteiger partial charge is 0.456 e. The number of hydrogen-bond acceptors (Lipinski definition) is 2. The van der Waals surface area contributed by atoms with E-state index >= 15 is 0 Å². The highest BCUT2D eigenvalue weighted by Gasteiger charge is 2.53. The molecule has 0 unspecified atom stereocenters. The standard InChI is InChI=1S/C49H30O2/c1-2-12-29(13-3-1)38-28-42-47(48-46(38)37-17-7-11-21-44(37)51-48)36-25-23-30(31-22-24-35-34-16-6-10-20-43(34)50-45(35)27-31)26-41(36)49(42)39-18-8-4-14-32(39)33-15-5-9-19-40(33)49/h1-6,8-16,18-28H,7,17H2. The normalized spacial score (nSPS) is 14.6. The van der Waals surface area contributed by atoms with Crippen LogP contribution in [-0.2, 0) is 11.8 Å². The Morgan fingerprint density at radius 2 is 1.18 bits per heavy atom. The Balaban J connectivity index is 1.21. The molecule has 2 aromatic heterocycles. The minimum absolute atomic E-state index is 0.516. The smallest absolute Gasteiger partial charge is 0.143 e. The predicted octanol–water partition coefficient (Wildman–Crippen LogP) is 13.0. The molecule has 0 saturated heterocycles. The van der Waals surface area contributed by atoms with Crippen molar-refractivity contribution in [2.45, 2.75) is 18.3 Å². The number of fused-ring (bicyclic) bond motifs is 17. The van der Waals surface area contributed by atoms with E-state index in [1.54, 1.807) is 0 Å². The van der Waals surface area contributed by atoms with Crippen LogP contribution < -0.4 is 0 Å². The van der Waals surface area contributed by atoms with E-state index in [0.717, 1.165) is 51.7 Å². The molecule has 0 atom stereocenters. The summed E-state index contributed by atoms with van der Waals surface area (Å²) in [7, 11) is 0. The molecule has 7 aromatic carbocycles. The molecular weight excluding hydrogens is 621 g/mol. The second-order valence-corrected chi connectivity index (χ2v) is 14.2. The number of rotatable bonds is 2. The average molecular weight is 651 g/mol. The maximum Gasteiger partial charge on any atom is 0.143 e. The molecule has 3 aliphatic carbocycles. The number of furan rings is 2. The van der Waals surface area contributed by atoms with Crippen LogP contribution in [0.15, 0.2) is 161 Å². The fourth-order valence-corrected chi connectivity index (χ4v) is 9.68. The van der Waals surface area contributed by atoms with E-state index < -0.39 is 5.41 Å². The number of benzene rings is 7. The van der Waals surface area contributed by atoms with E-state index in [9.17, 15) is 0 Å². The Hall–Kier alpha value is -6.38. The van der Waals surface area contributed by atoms with Crippen LogP contribution in [-0.4, -0.2) is 0 Å². The highest BCUT2D eigenvalue weighted by molar-refractivity contribution is 6.12. The molecular formula is C49H30O2. The maximum atomic E-state index is 7.02. The SMILES string of the molecule is C1=Cc2oc3c4c(cc(-c5ccccc5)c3c2CC1)C1(c2ccccc2-c2ccccc21)c1cc(-c2ccc3c(c2)oc2ccccc23)ccc1-4. The molecule has 0 saturated carbocycles. The van der Waals surface area contributed by atoms with Gasteiger partial charge in [-0.05, 0) is 110 Å². The van der Waals surface area contributed by atoms with Crippen molar-refractivity contribution in [2.75, 3.05) is 0 Å². The van der Waals surface area contributed by atoms with Gasteiger partial charge in [-0.25, -0.2) is 0 Å². The molecule has 2 heterocycles. The van der Waals surface area contributed by atoms with Crippen LogP contribution in [0.5, 0.6) is 0 Å². The van der Waals surface area contributed by atoms with Gasteiger partial charge in [0.1, 0.15) is 22.5 Å². The monoisotopic (exact) mass is 650 g/mol. The molecule has 0 radical (unpaired) electrons. The van der Waals surface area contributed by atoms with Gasteiger partial charge in [0.05, 0.1) is 5.41 Å². The quantitative estimate of drug-likeness (QED) is 0.186. The zero-order chi connectivity index (χ0) is 33.3. The highest BCUT2D eigenvalue weighted by Crippen LogP contribution is 2.65. The summed E-state index contributed by atoms with van der Waals surface area (Å²) in [6.07, 6.45) is 6.43. The van der Waals surface area contributed by atoms with Gasteiger partial charge in [-0.3, -0.25) is 0 Å².